The fourth-order valence-corrected chi connectivity index (χ4v) is 3.44. The number of hydrogen-bond acceptors (Lipinski definition) is 2. The van der Waals surface area contributed by atoms with Gasteiger partial charge in [-0.1, -0.05) is 36.4 Å². The average Bonchev–Trinajstić information content (AvgIpc) is 3.27. The highest BCUT2D eigenvalue weighted by atomic mass is 16.5. The predicted molar refractivity (Wildman–Crippen MR) is 86.7 cm³/mol. The van der Waals surface area contributed by atoms with Gasteiger partial charge < -0.3 is 10.5 Å². The zero-order chi connectivity index (χ0) is 15.0. The van der Waals surface area contributed by atoms with Gasteiger partial charge in [0.2, 0.25) is 0 Å². The minimum atomic E-state index is 0.0470. The Morgan fingerprint density at radius 2 is 1.86 bits per heavy atom. The minimum Gasteiger partial charge on any atom is -0.496 e. The molecule has 0 spiro atoms. The lowest BCUT2D eigenvalue weighted by Gasteiger charge is -2.19. The van der Waals surface area contributed by atoms with E-state index in [1.807, 2.05) is 0 Å². The topological polar surface area (TPSA) is 35.2 Å². The van der Waals surface area contributed by atoms with Crippen molar-refractivity contribution in [3.05, 3.63) is 64.7 Å². The maximum absolute atomic E-state index is 6.58. The summed E-state index contributed by atoms with van der Waals surface area (Å²) in [5.74, 6) is 2.04. The van der Waals surface area contributed by atoms with Gasteiger partial charge in [0.05, 0.1) is 7.11 Å². The summed E-state index contributed by atoms with van der Waals surface area (Å²) in [5, 5.41) is 0. The molecular weight excluding hydrogens is 258 g/mol. The third kappa shape index (κ3) is 2.68. The van der Waals surface area contributed by atoms with Gasteiger partial charge in [0, 0.05) is 11.6 Å². The molecule has 2 aromatic carbocycles. The van der Waals surface area contributed by atoms with Crippen LogP contribution in [-0.4, -0.2) is 7.11 Å². The molecule has 0 radical (unpaired) electrons. The molecule has 2 nitrogen and oxygen atoms in total. The Balaban J connectivity index is 1.86. The van der Waals surface area contributed by atoms with Crippen LogP contribution < -0.4 is 10.5 Å². The molecule has 2 N–H and O–H groups in total. The molecule has 3 rings (SSSR count). The summed E-state index contributed by atoms with van der Waals surface area (Å²) in [6.45, 7) is 4.22. The largest absolute Gasteiger partial charge is 0.496 e. The second-order valence-corrected chi connectivity index (χ2v) is 6.14. The van der Waals surface area contributed by atoms with Crippen LogP contribution in [0.2, 0.25) is 0 Å². The van der Waals surface area contributed by atoms with Crippen molar-refractivity contribution in [1.82, 2.24) is 0 Å². The van der Waals surface area contributed by atoms with Gasteiger partial charge in [0.1, 0.15) is 5.75 Å². The fraction of sp³-hybridized carbons (Fsp3) is 0.368. The third-order valence-corrected chi connectivity index (χ3v) is 4.58. The van der Waals surface area contributed by atoms with E-state index in [0.29, 0.717) is 11.8 Å². The number of methoxy groups -OCH3 is 1. The van der Waals surface area contributed by atoms with Crippen LogP contribution in [0.15, 0.2) is 42.5 Å². The summed E-state index contributed by atoms with van der Waals surface area (Å²) in [6.07, 6.45) is 1.17. The van der Waals surface area contributed by atoms with E-state index in [0.717, 1.165) is 5.75 Å². The van der Waals surface area contributed by atoms with Gasteiger partial charge in [-0.05, 0) is 54.9 Å². The summed E-state index contributed by atoms with van der Waals surface area (Å²) in [5.41, 5.74) is 11.6. The van der Waals surface area contributed by atoms with Crippen LogP contribution in [0.25, 0.3) is 0 Å². The molecule has 0 bridgehead atoms. The van der Waals surface area contributed by atoms with Crippen LogP contribution in [0.5, 0.6) is 5.75 Å². The van der Waals surface area contributed by atoms with E-state index in [1.165, 1.54) is 28.7 Å². The molecule has 2 aromatic rings. The van der Waals surface area contributed by atoms with Crippen molar-refractivity contribution in [2.75, 3.05) is 7.11 Å². The zero-order valence-corrected chi connectivity index (χ0v) is 13.0. The van der Waals surface area contributed by atoms with Crippen molar-refractivity contribution >= 4 is 0 Å². The molecular formula is C19H23NO. The highest BCUT2D eigenvalue weighted by Gasteiger charge is 2.43. The highest BCUT2D eigenvalue weighted by molar-refractivity contribution is 5.46. The van der Waals surface area contributed by atoms with Gasteiger partial charge in [-0.3, -0.25) is 0 Å². The Hall–Kier alpha value is -1.80. The third-order valence-electron chi connectivity index (χ3n) is 4.58. The van der Waals surface area contributed by atoms with Gasteiger partial charge in [0.25, 0.3) is 0 Å². The lowest BCUT2D eigenvalue weighted by molar-refractivity contribution is 0.401. The van der Waals surface area contributed by atoms with Crippen molar-refractivity contribution in [1.29, 1.82) is 0 Å². The van der Waals surface area contributed by atoms with E-state index in [1.54, 1.807) is 7.11 Å². The summed E-state index contributed by atoms with van der Waals surface area (Å²) >= 11 is 0. The van der Waals surface area contributed by atoms with Gasteiger partial charge in [-0.2, -0.15) is 0 Å². The Morgan fingerprint density at radius 3 is 2.52 bits per heavy atom. The first-order valence-electron chi connectivity index (χ1n) is 7.57. The number of ether oxygens (including phenoxy) is 1. The molecule has 0 saturated heterocycles. The minimum absolute atomic E-state index is 0.0470. The van der Waals surface area contributed by atoms with Crippen molar-refractivity contribution in [2.24, 2.45) is 11.7 Å². The maximum Gasteiger partial charge on any atom is 0.124 e. The van der Waals surface area contributed by atoms with E-state index in [4.69, 9.17) is 10.5 Å². The number of hydrogen-bond donors (Lipinski definition) is 1. The fourth-order valence-electron chi connectivity index (χ4n) is 3.44. The molecule has 0 amide bonds. The van der Waals surface area contributed by atoms with E-state index in [9.17, 15) is 0 Å². The van der Waals surface area contributed by atoms with Crippen LogP contribution in [0.3, 0.4) is 0 Å². The van der Waals surface area contributed by atoms with E-state index < -0.39 is 0 Å². The van der Waals surface area contributed by atoms with Crippen molar-refractivity contribution < 1.29 is 4.74 Å². The second kappa shape index (κ2) is 5.53. The Bertz CT molecular complexity index is 636. The quantitative estimate of drug-likeness (QED) is 0.915. The first-order chi connectivity index (χ1) is 10.1. The molecule has 3 unspecified atom stereocenters. The molecule has 21 heavy (non-hydrogen) atoms. The molecule has 2 heteroatoms. The normalized spacial score (nSPS) is 21.9. The monoisotopic (exact) mass is 281 g/mol. The number of rotatable bonds is 4. The predicted octanol–water partition coefficient (Wildman–Crippen LogP) is 4.12. The molecule has 0 aliphatic heterocycles. The van der Waals surface area contributed by atoms with Crippen LogP contribution in [0, 0.1) is 19.8 Å². The molecule has 1 aliphatic rings. The molecule has 1 fully saturated rings. The molecule has 1 aliphatic carbocycles. The van der Waals surface area contributed by atoms with Crippen LogP contribution in [0.4, 0.5) is 0 Å². The Morgan fingerprint density at radius 1 is 1.14 bits per heavy atom. The molecule has 0 aromatic heterocycles. The zero-order valence-electron chi connectivity index (χ0n) is 13.0. The smallest absolute Gasteiger partial charge is 0.124 e. The summed E-state index contributed by atoms with van der Waals surface area (Å²) in [6, 6.07) is 15.0. The van der Waals surface area contributed by atoms with E-state index in [2.05, 4.69) is 56.3 Å². The standard InChI is InChI=1S/C19H23NO/c1-12-9-13(2)18(17(10-12)21-3)19(20)16-11-15(16)14-7-5-4-6-8-14/h4-10,15-16,19H,11,20H2,1-3H3. The number of benzene rings is 2. The Labute approximate surface area is 126 Å². The lowest BCUT2D eigenvalue weighted by Crippen LogP contribution is -2.16. The second-order valence-electron chi connectivity index (χ2n) is 6.14. The van der Waals surface area contributed by atoms with Crippen LogP contribution in [-0.2, 0) is 0 Å². The number of nitrogens with two attached hydrogens (primary N) is 1. The van der Waals surface area contributed by atoms with Gasteiger partial charge >= 0.3 is 0 Å². The van der Waals surface area contributed by atoms with E-state index >= 15 is 0 Å². The lowest BCUT2D eigenvalue weighted by atomic mass is 9.93. The van der Waals surface area contributed by atoms with Crippen molar-refractivity contribution in [3.8, 4) is 5.75 Å². The summed E-state index contributed by atoms with van der Waals surface area (Å²) in [7, 11) is 1.73. The highest BCUT2D eigenvalue weighted by Crippen LogP contribution is 2.54. The molecule has 1 saturated carbocycles. The van der Waals surface area contributed by atoms with Crippen molar-refractivity contribution in [3.63, 3.8) is 0 Å². The van der Waals surface area contributed by atoms with Gasteiger partial charge in [-0.25, -0.2) is 0 Å². The van der Waals surface area contributed by atoms with Crippen LogP contribution in [0.1, 0.15) is 40.6 Å². The first kappa shape index (κ1) is 14.2. The first-order valence-corrected chi connectivity index (χ1v) is 7.57. The molecule has 3 atom stereocenters. The van der Waals surface area contributed by atoms with Gasteiger partial charge in [0.15, 0.2) is 0 Å². The van der Waals surface area contributed by atoms with E-state index in [-0.39, 0.29) is 6.04 Å². The van der Waals surface area contributed by atoms with Gasteiger partial charge in [-0.15, -0.1) is 0 Å². The summed E-state index contributed by atoms with van der Waals surface area (Å²) in [4.78, 5) is 0. The van der Waals surface area contributed by atoms with Crippen LogP contribution >= 0.6 is 0 Å². The SMILES string of the molecule is COc1cc(C)cc(C)c1C(N)C1CC1c1ccccc1. The maximum atomic E-state index is 6.58. The molecule has 0 heterocycles. The molecule has 110 valence electrons. The Kier molecular flexibility index (Phi) is 3.73. The summed E-state index contributed by atoms with van der Waals surface area (Å²) < 4.78 is 5.57. The average molecular weight is 281 g/mol. The number of aryl methyl sites for hydroxylation is 2. The van der Waals surface area contributed by atoms with Crippen molar-refractivity contribution in [2.45, 2.75) is 32.2 Å².